The van der Waals surface area contributed by atoms with Gasteiger partial charge in [-0.2, -0.15) is 0 Å². The zero-order chi connectivity index (χ0) is 11.8. The predicted molar refractivity (Wildman–Crippen MR) is 71.8 cm³/mol. The van der Waals surface area contributed by atoms with Crippen LogP contribution in [-0.4, -0.2) is 26.3 Å². The Bertz CT molecular complexity index is 304. The lowest BCUT2D eigenvalue weighted by atomic mass is 10.1. The first-order chi connectivity index (χ1) is 7.77. The van der Waals surface area contributed by atoms with Gasteiger partial charge in [-0.15, -0.1) is 0 Å². The number of nitrogens with one attached hydrogen (secondary N) is 1. The molecule has 0 aromatic heterocycles. The lowest BCUT2D eigenvalue weighted by Crippen LogP contribution is -2.35. The summed E-state index contributed by atoms with van der Waals surface area (Å²) in [6.45, 7) is 3.97. The van der Waals surface area contributed by atoms with Crippen LogP contribution in [0.4, 0.5) is 0 Å². The molecule has 1 atom stereocenters. The molecule has 0 amide bonds. The van der Waals surface area contributed by atoms with Crippen LogP contribution in [0.1, 0.15) is 18.9 Å². The van der Waals surface area contributed by atoms with Gasteiger partial charge in [0.15, 0.2) is 0 Å². The monoisotopic (exact) mass is 285 g/mol. The smallest absolute Gasteiger partial charge is 0.0619 e. The Morgan fingerprint density at radius 1 is 1.38 bits per heavy atom. The predicted octanol–water partition coefficient (Wildman–Crippen LogP) is 3.01. The van der Waals surface area contributed by atoms with E-state index in [2.05, 4.69) is 46.4 Å². The third-order valence-electron chi connectivity index (χ3n) is 2.48. The van der Waals surface area contributed by atoms with Crippen LogP contribution in [0.2, 0.25) is 0 Å². The van der Waals surface area contributed by atoms with Crippen LogP contribution in [0.15, 0.2) is 28.7 Å². The SMILES string of the molecule is CCCNC(COC)Cc1ccccc1Br. The molecule has 0 saturated carbocycles. The number of methoxy groups -OCH3 is 1. The van der Waals surface area contributed by atoms with E-state index in [1.165, 1.54) is 10.0 Å². The molecule has 0 aliphatic rings. The fourth-order valence-electron chi connectivity index (χ4n) is 1.67. The van der Waals surface area contributed by atoms with Gasteiger partial charge in [-0.05, 0) is 31.0 Å². The molecule has 1 rings (SSSR count). The second-order valence-corrected chi connectivity index (χ2v) is 4.76. The van der Waals surface area contributed by atoms with E-state index in [9.17, 15) is 0 Å². The number of hydrogen-bond acceptors (Lipinski definition) is 2. The van der Waals surface area contributed by atoms with Gasteiger partial charge in [0, 0.05) is 17.6 Å². The number of hydrogen-bond donors (Lipinski definition) is 1. The standard InChI is InChI=1S/C13H20BrNO/c1-3-8-15-12(10-16-2)9-11-6-4-5-7-13(11)14/h4-7,12,15H,3,8-10H2,1-2H3. The Kier molecular flexibility index (Phi) is 6.69. The Balaban J connectivity index is 2.56. The first-order valence-corrected chi connectivity index (χ1v) is 6.53. The second kappa shape index (κ2) is 7.82. The van der Waals surface area contributed by atoms with Crippen molar-refractivity contribution in [2.75, 3.05) is 20.3 Å². The summed E-state index contributed by atoms with van der Waals surface area (Å²) in [4.78, 5) is 0. The summed E-state index contributed by atoms with van der Waals surface area (Å²) < 4.78 is 6.41. The largest absolute Gasteiger partial charge is 0.383 e. The van der Waals surface area contributed by atoms with Gasteiger partial charge in [0.1, 0.15) is 0 Å². The van der Waals surface area contributed by atoms with Crippen molar-refractivity contribution in [2.24, 2.45) is 0 Å². The minimum absolute atomic E-state index is 0.392. The van der Waals surface area contributed by atoms with Crippen LogP contribution in [0.25, 0.3) is 0 Å². The van der Waals surface area contributed by atoms with E-state index in [-0.39, 0.29) is 0 Å². The van der Waals surface area contributed by atoms with Crippen LogP contribution in [0.3, 0.4) is 0 Å². The molecular weight excluding hydrogens is 266 g/mol. The van der Waals surface area contributed by atoms with Gasteiger partial charge in [0.2, 0.25) is 0 Å². The molecule has 0 heterocycles. The average molecular weight is 286 g/mol. The summed E-state index contributed by atoms with van der Waals surface area (Å²) in [5.74, 6) is 0. The summed E-state index contributed by atoms with van der Waals surface area (Å²) in [5, 5.41) is 3.50. The van der Waals surface area contributed by atoms with Crippen molar-refractivity contribution < 1.29 is 4.74 Å². The molecule has 1 aromatic carbocycles. The van der Waals surface area contributed by atoms with E-state index in [4.69, 9.17) is 4.74 Å². The molecule has 1 aromatic rings. The van der Waals surface area contributed by atoms with Gasteiger partial charge in [0.05, 0.1) is 6.61 Å². The third-order valence-corrected chi connectivity index (χ3v) is 3.25. The molecule has 2 nitrogen and oxygen atoms in total. The first-order valence-electron chi connectivity index (χ1n) is 5.73. The van der Waals surface area contributed by atoms with E-state index in [0.717, 1.165) is 26.0 Å². The van der Waals surface area contributed by atoms with Crippen molar-refractivity contribution in [3.8, 4) is 0 Å². The summed E-state index contributed by atoms with van der Waals surface area (Å²) in [7, 11) is 1.75. The highest BCUT2D eigenvalue weighted by Gasteiger charge is 2.09. The normalized spacial score (nSPS) is 12.7. The average Bonchev–Trinajstić information content (AvgIpc) is 2.29. The van der Waals surface area contributed by atoms with Gasteiger partial charge in [-0.3, -0.25) is 0 Å². The van der Waals surface area contributed by atoms with Crippen LogP contribution < -0.4 is 5.32 Å². The van der Waals surface area contributed by atoms with Crippen LogP contribution in [-0.2, 0) is 11.2 Å². The molecule has 0 spiro atoms. The fraction of sp³-hybridized carbons (Fsp3) is 0.538. The summed E-state index contributed by atoms with van der Waals surface area (Å²) in [6, 6.07) is 8.74. The van der Waals surface area contributed by atoms with Gasteiger partial charge in [-0.25, -0.2) is 0 Å². The number of halogens is 1. The number of ether oxygens (including phenoxy) is 1. The Morgan fingerprint density at radius 2 is 2.12 bits per heavy atom. The molecule has 90 valence electrons. The van der Waals surface area contributed by atoms with Gasteiger partial charge < -0.3 is 10.1 Å². The Hall–Kier alpha value is -0.380. The van der Waals surface area contributed by atoms with Crippen molar-refractivity contribution >= 4 is 15.9 Å². The van der Waals surface area contributed by atoms with Crippen LogP contribution in [0, 0.1) is 0 Å². The number of benzene rings is 1. The first kappa shape index (κ1) is 13.7. The molecule has 0 fully saturated rings. The zero-order valence-corrected chi connectivity index (χ0v) is 11.6. The second-order valence-electron chi connectivity index (χ2n) is 3.90. The molecule has 0 aliphatic carbocycles. The van der Waals surface area contributed by atoms with Crippen molar-refractivity contribution in [2.45, 2.75) is 25.8 Å². The summed E-state index contributed by atoms with van der Waals surface area (Å²) in [5.41, 5.74) is 1.33. The molecule has 1 unspecified atom stereocenters. The van der Waals surface area contributed by atoms with E-state index < -0.39 is 0 Å². The molecule has 16 heavy (non-hydrogen) atoms. The third kappa shape index (κ3) is 4.64. The van der Waals surface area contributed by atoms with Gasteiger partial charge in [0.25, 0.3) is 0 Å². The maximum Gasteiger partial charge on any atom is 0.0619 e. The van der Waals surface area contributed by atoms with Crippen molar-refractivity contribution in [1.82, 2.24) is 5.32 Å². The molecular formula is C13H20BrNO. The molecule has 1 N–H and O–H groups in total. The highest BCUT2D eigenvalue weighted by atomic mass is 79.9. The van der Waals surface area contributed by atoms with Crippen LogP contribution >= 0.6 is 15.9 Å². The maximum absolute atomic E-state index is 5.24. The highest BCUT2D eigenvalue weighted by Crippen LogP contribution is 2.17. The molecule has 0 aliphatic heterocycles. The Morgan fingerprint density at radius 3 is 2.75 bits per heavy atom. The van der Waals surface area contributed by atoms with E-state index in [1.807, 2.05) is 6.07 Å². The van der Waals surface area contributed by atoms with Crippen molar-refractivity contribution in [1.29, 1.82) is 0 Å². The maximum atomic E-state index is 5.24. The quantitative estimate of drug-likeness (QED) is 0.832. The molecule has 0 radical (unpaired) electrons. The van der Waals surface area contributed by atoms with Crippen molar-refractivity contribution in [3.05, 3.63) is 34.3 Å². The van der Waals surface area contributed by atoms with Crippen molar-refractivity contribution in [3.63, 3.8) is 0 Å². The van der Waals surface area contributed by atoms with Gasteiger partial charge >= 0.3 is 0 Å². The summed E-state index contributed by atoms with van der Waals surface area (Å²) in [6.07, 6.45) is 2.14. The minimum atomic E-state index is 0.392. The van der Waals surface area contributed by atoms with Crippen LogP contribution in [0.5, 0.6) is 0 Å². The number of rotatable bonds is 7. The lowest BCUT2D eigenvalue weighted by molar-refractivity contribution is 0.166. The molecule has 3 heteroatoms. The minimum Gasteiger partial charge on any atom is -0.383 e. The highest BCUT2D eigenvalue weighted by molar-refractivity contribution is 9.10. The molecule has 0 bridgehead atoms. The Labute approximate surface area is 107 Å². The van der Waals surface area contributed by atoms with E-state index in [0.29, 0.717) is 6.04 Å². The van der Waals surface area contributed by atoms with E-state index >= 15 is 0 Å². The lowest BCUT2D eigenvalue weighted by Gasteiger charge is -2.18. The summed E-state index contributed by atoms with van der Waals surface area (Å²) >= 11 is 3.58. The van der Waals surface area contributed by atoms with Gasteiger partial charge in [-0.1, -0.05) is 41.1 Å². The fourth-order valence-corrected chi connectivity index (χ4v) is 2.12. The topological polar surface area (TPSA) is 21.3 Å². The molecule has 0 saturated heterocycles. The van der Waals surface area contributed by atoms with E-state index in [1.54, 1.807) is 7.11 Å². The zero-order valence-electron chi connectivity index (χ0n) is 10.0.